The number of allylic oxidation sites excluding steroid dienone is 2. The van der Waals surface area contributed by atoms with Gasteiger partial charge in [-0.1, -0.05) is 54.6 Å². The van der Waals surface area contributed by atoms with Crippen LogP contribution in [-0.4, -0.2) is 23.7 Å². The summed E-state index contributed by atoms with van der Waals surface area (Å²) in [5.41, 5.74) is 0.488. The Hall–Kier alpha value is -2.76. The first-order valence-electron chi connectivity index (χ1n) is 8.70. The lowest BCUT2D eigenvalue weighted by Crippen LogP contribution is -2.51. The highest BCUT2D eigenvalue weighted by Gasteiger charge is 2.40. The zero-order chi connectivity index (χ0) is 19.5. The van der Waals surface area contributed by atoms with E-state index < -0.39 is 24.0 Å². The molecule has 142 valence electrons. The van der Waals surface area contributed by atoms with Gasteiger partial charge in [-0.3, -0.25) is 4.79 Å². The zero-order valence-corrected chi connectivity index (χ0v) is 14.9. The van der Waals surface area contributed by atoms with E-state index in [1.54, 1.807) is 42.6 Å². The van der Waals surface area contributed by atoms with E-state index in [-0.39, 0.29) is 12.5 Å². The number of dihydropyridines is 1. The van der Waals surface area contributed by atoms with Crippen LogP contribution < -0.4 is 10.6 Å². The van der Waals surface area contributed by atoms with Crippen LogP contribution in [0, 0.1) is 0 Å². The minimum Gasteiger partial charge on any atom is -0.380 e. The van der Waals surface area contributed by atoms with Crippen molar-refractivity contribution in [2.75, 3.05) is 0 Å². The molecule has 3 nitrogen and oxygen atoms in total. The molecule has 1 aromatic carbocycles. The molecule has 2 unspecified atom stereocenters. The molecule has 0 radical (unpaired) electrons. The number of rotatable bonds is 5. The number of carbonyl (C=O) groups excluding carboxylic acids is 1. The fourth-order valence-corrected chi connectivity index (χ4v) is 3.36. The lowest BCUT2D eigenvalue weighted by atomic mass is 9.88. The molecule has 0 fully saturated rings. The predicted molar refractivity (Wildman–Crippen MR) is 98.7 cm³/mol. The Morgan fingerprint density at radius 2 is 1.93 bits per heavy atom. The van der Waals surface area contributed by atoms with Gasteiger partial charge in [0.1, 0.15) is 0 Å². The molecule has 3 rings (SSSR count). The smallest absolute Gasteiger partial charge is 0.380 e. The van der Waals surface area contributed by atoms with Crippen molar-refractivity contribution >= 4 is 5.91 Å². The van der Waals surface area contributed by atoms with Crippen molar-refractivity contribution in [3.05, 3.63) is 83.6 Å². The first kappa shape index (κ1) is 19.0. The van der Waals surface area contributed by atoms with Gasteiger partial charge in [0.15, 0.2) is 0 Å². The minimum atomic E-state index is -4.39. The second kappa shape index (κ2) is 7.47. The number of fused-ring (bicyclic) bond motifs is 1. The molecule has 1 amide bonds. The second-order valence-electron chi connectivity index (χ2n) is 7.10. The minimum absolute atomic E-state index is 0.0163. The number of hydrogen-bond acceptors (Lipinski definition) is 2. The molecule has 1 aliphatic heterocycles. The Morgan fingerprint density at radius 3 is 2.63 bits per heavy atom. The van der Waals surface area contributed by atoms with Crippen LogP contribution >= 0.6 is 0 Å². The zero-order valence-electron chi connectivity index (χ0n) is 14.9. The van der Waals surface area contributed by atoms with Crippen molar-refractivity contribution in [1.29, 1.82) is 0 Å². The van der Waals surface area contributed by atoms with Gasteiger partial charge >= 0.3 is 6.18 Å². The molecule has 0 aromatic heterocycles. The molecule has 0 bridgehead atoms. The van der Waals surface area contributed by atoms with E-state index in [9.17, 15) is 18.0 Å². The summed E-state index contributed by atoms with van der Waals surface area (Å²) in [7, 11) is 0. The third kappa shape index (κ3) is 5.12. The van der Waals surface area contributed by atoms with Gasteiger partial charge in [-0.15, -0.1) is 0 Å². The molecular formula is C21H21F3N2O. The normalized spacial score (nSPS) is 20.7. The van der Waals surface area contributed by atoms with Crippen LogP contribution in [0.1, 0.15) is 18.9 Å². The van der Waals surface area contributed by atoms with Crippen molar-refractivity contribution in [2.24, 2.45) is 0 Å². The highest BCUT2D eigenvalue weighted by atomic mass is 19.4. The summed E-state index contributed by atoms with van der Waals surface area (Å²) in [6.07, 6.45) is 5.40. The Kier molecular flexibility index (Phi) is 5.26. The largest absolute Gasteiger partial charge is 0.391 e. The van der Waals surface area contributed by atoms with E-state index in [1.807, 2.05) is 24.3 Å². The second-order valence-corrected chi connectivity index (χ2v) is 7.10. The van der Waals surface area contributed by atoms with E-state index in [0.717, 1.165) is 11.1 Å². The monoisotopic (exact) mass is 374 g/mol. The van der Waals surface area contributed by atoms with Gasteiger partial charge in [0, 0.05) is 6.20 Å². The molecule has 27 heavy (non-hydrogen) atoms. The average molecular weight is 374 g/mol. The summed E-state index contributed by atoms with van der Waals surface area (Å²) in [5, 5.41) is 5.69. The van der Waals surface area contributed by atoms with Crippen molar-refractivity contribution in [3.8, 4) is 0 Å². The van der Waals surface area contributed by atoms with Crippen molar-refractivity contribution in [3.63, 3.8) is 0 Å². The molecule has 2 atom stereocenters. The first-order valence-corrected chi connectivity index (χ1v) is 8.70. The van der Waals surface area contributed by atoms with E-state index in [2.05, 4.69) is 10.6 Å². The van der Waals surface area contributed by atoms with Gasteiger partial charge in [0.25, 0.3) is 5.91 Å². The third-order valence-corrected chi connectivity index (χ3v) is 4.51. The van der Waals surface area contributed by atoms with Crippen LogP contribution in [0.15, 0.2) is 78.1 Å². The van der Waals surface area contributed by atoms with Gasteiger partial charge < -0.3 is 10.6 Å². The number of halogens is 3. The molecule has 1 heterocycles. The van der Waals surface area contributed by atoms with Gasteiger partial charge in [0.05, 0.1) is 23.6 Å². The van der Waals surface area contributed by atoms with Crippen molar-refractivity contribution in [1.82, 2.24) is 10.6 Å². The molecule has 0 spiro atoms. The Labute approximate surface area is 156 Å². The Morgan fingerprint density at radius 1 is 1.19 bits per heavy atom. The maximum atomic E-state index is 13.2. The van der Waals surface area contributed by atoms with E-state index in [1.165, 1.54) is 6.92 Å². The predicted octanol–water partition coefficient (Wildman–Crippen LogP) is 3.96. The SMILES string of the molecule is CC(Cc1ccccc1)(CC(F)(F)F)NC(=O)C1=CNC2C=CC=CC2=C1. The van der Waals surface area contributed by atoms with Crippen LogP contribution in [0.4, 0.5) is 13.2 Å². The number of amides is 1. The molecule has 2 aliphatic rings. The highest BCUT2D eigenvalue weighted by molar-refractivity contribution is 5.97. The Balaban J connectivity index is 1.78. The summed E-state index contributed by atoms with van der Waals surface area (Å²) in [6.45, 7) is 1.43. The number of carbonyl (C=O) groups is 1. The molecule has 0 saturated heterocycles. The van der Waals surface area contributed by atoms with Crippen molar-refractivity contribution in [2.45, 2.75) is 37.5 Å². The van der Waals surface area contributed by atoms with Gasteiger partial charge in [-0.25, -0.2) is 0 Å². The summed E-state index contributed by atoms with van der Waals surface area (Å²) >= 11 is 0. The third-order valence-electron chi connectivity index (χ3n) is 4.51. The lowest BCUT2D eigenvalue weighted by Gasteiger charge is -2.33. The number of hydrogen-bond donors (Lipinski definition) is 2. The standard InChI is InChI=1S/C21H21F3N2O/c1-20(14-21(22,23)24,12-15-7-3-2-4-8-15)26-19(27)17-11-16-9-5-6-10-18(16)25-13-17/h2-11,13,18,25H,12,14H2,1H3,(H,26,27). The summed E-state index contributed by atoms with van der Waals surface area (Å²) in [5.74, 6) is -0.529. The van der Waals surface area contributed by atoms with E-state index in [4.69, 9.17) is 0 Å². The van der Waals surface area contributed by atoms with Gasteiger partial charge in [-0.05, 0) is 30.6 Å². The molecule has 1 aromatic rings. The Bertz CT molecular complexity index is 822. The summed E-state index contributed by atoms with van der Waals surface area (Å²) in [6, 6.07) is 8.84. The fraction of sp³-hybridized carbons (Fsp3) is 0.286. The molecular weight excluding hydrogens is 353 g/mol. The number of alkyl halides is 3. The lowest BCUT2D eigenvalue weighted by molar-refractivity contribution is -0.150. The maximum Gasteiger partial charge on any atom is 0.391 e. The first-order chi connectivity index (χ1) is 12.7. The average Bonchev–Trinajstić information content (AvgIpc) is 2.60. The maximum absolute atomic E-state index is 13.2. The number of nitrogens with one attached hydrogen (secondary N) is 2. The topological polar surface area (TPSA) is 41.1 Å². The van der Waals surface area contributed by atoms with Crippen LogP contribution in [0.3, 0.4) is 0 Å². The molecule has 6 heteroatoms. The van der Waals surface area contributed by atoms with Crippen molar-refractivity contribution < 1.29 is 18.0 Å². The van der Waals surface area contributed by atoms with Crippen LogP contribution in [0.25, 0.3) is 0 Å². The summed E-state index contributed by atoms with van der Waals surface area (Å²) < 4.78 is 39.5. The quantitative estimate of drug-likeness (QED) is 0.819. The van der Waals surface area contributed by atoms with Crippen LogP contribution in [0.2, 0.25) is 0 Å². The summed E-state index contributed by atoms with van der Waals surface area (Å²) in [4.78, 5) is 12.7. The van der Waals surface area contributed by atoms with Crippen LogP contribution in [-0.2, 0) is 11.2 Å². The van der Waals surface area contributed by atoms with E-state index >= 15 is 0 Å². The molecule has 2 N–H and O–H groups in total. The highest BCUT2D eigenvalue weighted by Crippen LogP contribution is 2.30. The molecule has 0 saturated carbocycles. The number of benzene rings is 1. The van der Waals surface area contributed by atoms with E-state index in [0.29, 0.717) is 5.57 Å². The van der Waals surface area contributed by atoms with Gasteiger partial charge in [-0.2, -0.15) is 13.2 Å². The molecule has 1 aliphatic carbocycles. The van der Waals surface area contributed by atoms with Gasteiger partial charge in [0.2, 0.25) is 0 Å². The fourth-order valence-electron chi connectivity index (χ4n) is 3.36. The van der Waals surface area contributed by atoms with Crippen LogP contribution in [0.5, 0.6) is 0 Å².